The van der Waals surface area contributed by atoms with E-state index in [1.54, 1.807) is 0 Å². The Bertz CT molecular complexity index is 355. The highest BCUT2D eigenvalue weighted by atomic mass is 79.9. The lowest BCUT2D eigenvalue weighted by molar-refractivity contribution is -0.132. The highest BCUT2D eigenvalue weighted by Gasteiger charge is 2.36. The van der Waals surface area contributed by atoms with Crippen LogP contribution in [-0.4, -0.2) is 29.2 Å². The standard InChI is InChI=1S/C18H32BrNO/c1-17(2,3)15-7-8-16(21)20(12-9-15)14-18(13-19)10-5-4-6-11-18/h15H,4-14H2,1-3H3. The molecule has 0 aromatic carbocycles. The summed E-state index contributed by atoms with van der Waals surface area (Å²) >= 11 is 3.74. The molecular weight excluding hydrogens is 326 g/mol. The third-order valence-corrected chi connectivity index (χ3v) is 6.95. The van der Waals surface area contributed by atoms with Crippen LogP contribution in [0.2, 0.25) is 0 Å². The molecule has 0 bridgehead atoms. The van der Waals surface area contributed by atoms with E-state index in [2.05, 4.69) is 41.6 Å². The molecule has 1 aliphatic heterocycles. The predicted molar refractivity (Wildman–Crippen MR) is 92.7 cm³/mol. The molecule has 1 saturated carbocycles. The summed E-state index contributed by atoms with van der Waals surface area (Å²) in [7, 11) is 0. The summed E-state index contributed by atoms with van der Waals surface area (Å²) in [6, 6.07) is 0. The lowest BCUT2D eigenvalue weighted by Gasteiger charge is -2.40. The number of amides is 1. The number of likely N-dealkylation sites (tertiary alicyclic amines) is 1. The zero-order valence-corrected chi connectivity index (χ0v) is 15.7. The Hall–Kier alpha value is -0.0500. The summed E-state index contributed by atoms with van der Waals surface area (Å²) in [5.41, 5.74) is 0.670. The molecular formula is C18H32BrNO. The number of nitrogens with zero attached hydrogens (tertiary/aromatic N) is 1. The summed E-state index contributed by atoms with van der Waals surface area (Å²) < 4.78 is 0. The topological polar surface area (TPSA) is 20.3 Å². The average molecular weight is 358 g/mol. The monoisotopic (exact) mass is 357 g/mol. The van der Waals surface area contributed by atoms with E-state index in [-0.39, 0.29) is 0 Å². The van der Waals surface area contributed by atoms with E-state index in [4.69, 9.17) is 0 Å². The molecule has 1 aliphatic carbocycles. The lowest BCUT2D eigenvalue weighted by atomic mass is 9.75. The van der Waals surface area contributed by atoms with Crippen molar-refractivity contribution in [2.24, 2.45) is 16.7 Å². The van der Waals surface area contributed by atoms with Crippen molar-refractivity contribution in [2.45, 2.75) is 72.1 Å². The van der Waals surface area contributed by atoms with Crippen LogP contribution >= 0.6 is 15.9 Å². The molecule has 0 radical (unpaired) electrons. The number of hydrogen-bond acceptors (Lipinski definition) is 1. The van der Waals surface area contributed by atoms with Crippen molar-refractivity contribution in [3.05, 3.63) is 0 Å². The minimum absolute atomic E-state index is 0.328. The number of carbonyl (C=O) groups is 1. The third kappa shape index (κ3) is 4.46. The molecule has 3 heteroatoms. The number of halogens is 1. The SMILES string of the molecule is CC(C)(C)C1CCC(=O)N(CC2(CBr)CCCCC2)CC1. The van der Waals surface area contributed by atoms with Crippen LogP contribution in [0.4, 0.5) is 0 Å². The number of rotatable bonds is 3. The van der Waals surface area contributed by atoms with E-state index >= 15 is 0 Å². The van der Waals surface area contributed by atoms with E-state index < -0.39 is 0 Å². The molecule has 1 saturated heterocycles. The van der Waals surface area contributed by atoms with Gasteiger partial charge in [-0.3, -0.25) is 4.79 Å². The Labute approximate surface area is 139 Å². The van der Waals surface area contributed by atoms with Gasteiger partial charge in [0.05, 0.1) is 0 Å². The van der Waals surface area contributed by atoms with Crippen molar-refractivity contribution < 1.29 is 4.79 Å². The van der Waals surface area contributed by atoms with Crippen molar-refractivity contribution in [1.82, 2.24) is 4.90 Å². The quantitative estimate of drug-likeness (QED) is 0.650. The van der Waals surface area contributed by atoms with Gasteiger partial charge in [0.1, 0.15) is 0 Å². The molecule has 2 rings (SSSR count). The van der Waals surface area contributed by atoms with E-state index in [9.17, 15) is 4.79 Å². The van der Waals surface area contributed by atoms with Crippen molar-refractivity contribution in [2.75, 3.05) is 18.4 Å². The Kier molecular flexibility index (Phi) is 5.78. The van der Waals surface area contributed by atoms with Gasteiger partial charge in [-0.25, -0.2) is 0 Å². The summed E-state index contributed by atoms with van der Waals surface area (Å²) in [4.78, 5) is 14.7. The van der Waals surface area contributed by atoms with Crippen LogP contribution in [0.5, 0.6) is 0 Å². The molecule has 0 N–H and O–H groups in total. The van der Waals surface area contributed by atoms with Gasteiger partial charge in [0, 0.05) is 24.8 Å². The fraction of sp³-hybridized carbons (Fsp3) is 0.944. The summed E-state index contributed by atoms with van der Waals surface area (Å²) in [6.07, 6.45) is 9.59. The van der Waals surface area contributed by atoms with Gasteiger partial charge in [0.25, 0.3) is 0 Å². The Morgan fingerprint density at radius 2 is 1.86 bits per heavy atom. The van der Waals surface area contributed by atoms with Crippen LogP contribution in [0.1, 0.15) is 72.1 Å². The van der Waals surface area contributed by atoms with Gasteiger partial charge >= 0.3 is 0 Å². The smallest absolute Gasteiger partial charge is 0.222 e. The molecule has 122 valence electrons. The Morgan fingerprint density at radius 3 is 2.43 bits per heavy atom. The maximum atomic E-state index is 12.5. The molecule has 21 heavy (non-hydrogen) atoms. The molecule has 1 heterocycles. The number of carbonyl (C=O) groups excluding carboxylic acids is 1. The average Bonchev–Trinajstić information content (AvgIpc) is 2.62. The first-order valence-electron chi connectivity index (χ1n) is 8.70. The van der Waals surface area contributed by atoms with Gasteiger partial charge in [-0.1, -0.05) is 56.0 Å². The zero-order valence-electron chi connectivity index (χ0n) is 14.1. The fourth-order valence-electron chi connectivity index (χ4n) is 4.11. The van der Waals surface area contributed by atoms with E-state index in [0.717, 1.165) is 31.3 Å². The number of alkyl halides is 1. The van der Waals surface area contributed by atoms with Gasteiger partial charge in [-0.05, 0) is 42.4 Å². The number of hydrogen-bond donors (Lipinski definition) is 0. The van der Waals surface area contributed by atoms with Crippen LogP contribution in [0.15, 0.2) is 0 Å². The van der Waals surface area contributed by atoms with Crippen LogP contribution in [0, 0.1) is 16.7 Å². The van der Waals surface area contributed by atoms with Gasteiger partial charge in [-0.2, -0.15) is 0 Å². The second kappa shape index (κ2) is 7.02. The predicted octanol–water partition coefficient (Wildman–Crippen LogP) is 5.01. The molecule has 1 unspecified atom stereocenters. The molecule has 1 amide bonds. The van der Waals surface area contributed by atoms with Crippen molar-refractivity contribution in [1.29, 1.82) is 0 Å². The molecule has 1 atom stereocenters. The molecule has 2 fully saturated rings. The largest absolute Gasteiger partial charge is 0.342 e. The molecule has 0 aromatic rings. The summed E-state index contributed by atoms with van der Waals surface area (Å²) in [5, 5.41) is 1.05. The second-order valence-electron chi connectivity index (χ2n) is 8.40. The van der Waals surface area contributed by atoms with Gasteiger partial charge in [-0.15, -0.1) is 0 Å². The highest BCUT2D eigenvalue weighted by Crippen LogP contribution is 2.40. The van der Waals surface area contributed by atoms with Crippen LogP contribution in [-0.2, 0) is 4.79 Å². The first kappa shape index (κ1) is 17.3. The normalized spacial score (nSPS) is 27.5. The van der Waals surface area contributed by atoms with Crippen LogP contribution < -0.4 is 0 Å². The summed E-state index contributed by atoms with van der Waals surface area (Å²) in [5.74, 6) is 1.07. The third-order valence-electron chi connectivity index (χ3n) is 5.76. The van der Waals surface area contributed by atoms with Gasteiger partial charge in [0.2, 0.25) is 5.91 Å². The van der Waals surface area contributed by atoms with Crippen LogP contribution in [0.25, 0.3) is 0 Å². The first-order chi connectivity index (χ1) is 9.86. The van der Waals surface area contributed by atoms with Crippen molar-refractivity contribution in [3.8, 4) is 0 Å². The van der Waals surface area contributed by atoms with Crippen LogP contribution in [0.3, 0.4) is 0 Å². The summed E-state index contributed by atoms with van der Waals surface area (Å²) in [6.45, 7) is 8.90. The van der Waals surface area contributed by atoms with E-state index in [1.807, 2.05) is 0 Å². The second-order valence-corrected chi connectivity index (χ2v) is 8.96. The molecule has 2 aliphatic rings. The molecule has 2 nitrogen and oxygen atoms in total. The highest BCUT2D eigenvalue weighted by molar-refractivity contribution is 9.09. The minimum Gasteiger partial charge on any atom is -0.342 e. The fourth-order valence-corrected chi connectivity index (χ4v) is 4.85. The Balaban J connectivity index is 2.00. The molecule has 0 aromatic heterocycles. The molecule has 0 spiro atoms. The van der Waals surface area contributed by atoms with Gasteiger partial charge in [0.15, 0.2) is 0 Å². The zero-order chi connectivity index (χ0) is 15.5. The van der Waals surface area contributed by atoms with Crippen molar-refractivity contribution in [3.63, 3.8) is 0 Å². The van der Waals surface area contributed by atoms with Gasteiger partial charge < -0.3 is 4.90 Å². The van der Waals surface area contributed by atoms with Crippen molar-refractivity contribution >= 4 is 21.8 Å². The Morgan fingerprint density at radius 1 is 1.19 bits per heavy atom. The first-order valence-corrected chi connectivity index (χ1v) is 9.82. The maximum absolute atomic E-state index is 12.5. The maximum Gasteiger partial charge on any atom is 0.222 e. The minimum atomic E-state index is 0.328. The lowest BCUT2D eigenvalue weighted by Crippen LogP contribution is -2.43. The van der Waals surface area contributed by atoms with E-state index in [1.165, 1.54) is 38.5 Å². The van der Waals surface area contributed by atoms with E-state index in [0.29, 0.717) is 22.7 Å².